The van der Waals surface area contributed by atoms with Crippen molar-refractivity contribution >= 4 is 11.9 Å². The molecule has 0 saturated heterocycles. The summed E-state index contributed by atoms with van der Waals surface area (Å²) in [6.45, 7) is 2.26. The lowest BCUT2D eigenvalue weighted by atomic mass is 10.1. The SMILES string of the molecule is CC(=O)Cc1ccc(C#CCCNC(=O)OCc2ccccc2)cc1. The molecule has 2 aromatic carbocycles. The van der Waals surface area contributed by atoms with E-state index in [0.717, 1.165) is 16.7 Å². The molecule has 2 aromatic rings. The number of hydrogen-bond acceptors (Lipinski definition) is 3. The molecule has 2 rings (SSSR count). The average molecular weight is 335 g/mol. The zero-order valence-electron chi connectivity index (χ0n) is 14.2. The van der Waals surface area contributed by atoms with Crippen LogP contribution in [-0.2, 0) is 22.6 Å². The summed E-state index contributed by atoms with van der Waals surface area (Å²) in [5.74, 6) is 6.18. The van der Waals surface area contributed by atoms with Crippen LogP contribution in [0.15, 0.2) is 54.6 Å². The maximum absolute atomic E-state index is 11.6. The molecule has 0 aliphatic carbocycles. The second-order valence-corrected chi connectivity index (χ2v) is 5.62. The highest BCUT2D eigenvalue weighted by molar-refractivity contribution is 5.78. The fourth-order valence-corrected chi connectivity index (χ4v) is 2.16. The van der Waals surface area contributed by atoms with Crippen molar-refractivity contribution in [1.82, 2.24) is 5.32 Å². The summed E-state index contributed by atoms with van der Waals surface area (Å²) < 4.78 is 5.11. The second-order valence-electron chi connectivity index (χ2n) is 5.62. The lowest BCUT2D eigenvalue weighted by Crippen LogP contribution is -2.24. The first-order valence-electron chi connectivity index (χ1n) is 8.15. The number of Topliss-reactive ketones (excluding diaryl/α,β-unsaturated/α-hetero) is 1. The second kappa shape index (κ2) is 9.94. The largest absolute Gasteiger partial charge is 0.445 e. The van der Waals surface area contributed by atoms with E-state index in [1.54, 1.807) is 6.92 Å². The van der Waals surface area contributed by atoms with E-state index in [-0.39, 0.29) is 12.4 Å². The smallest absolute Gasteiger partial charge is 0.407 e. The van der Waals surface area contributed by atoms with Crippen molar-refractivity contribution in [2.24, 2.45) is 0 Å². The first-order chi connectivity index (χ1) is 12.1. The summed E-state index contributed by atoms with van der Waals surface area (Å²) >= 11 is 0. The molecular weight excluding hydrogens is 314 g/mol. The summed E-state index contributed by atoms with van der Waals surface area (Å²) in [7, 11) is 0. The molecule has 4 heteroatoms. The van der Waals surface area contributed by atoms with Gasteiger partial charge in [0.2, 0.25) is 0 Å². The van der Waals surface area contributed by atoms with Crippen LogP contribution in [0.25, 0.3) is 0 Å². The van der Waals surface area contributed by atoms with Crippen molar-refractivity contribution in [3.8, 4) is 11.8 Å². The highest BCUT2D eigenvalue weighted by Gasteiger charge is 2.00. The molecule has 0 unspecified atom stereocenters. The van der Waals surface area contributed by atoms with Crippen LogP contribution >= 0.6 is 0 Å². The number of ether oxygens (including phenoxy) is 1. The average Bonchev–Trinajstić information content (AvgIpc) is 2.61. The molecule has 0 aliphatic rings. The number of carbonyl (C=O) groups is 2. The highest BCUT2D eigenvalue weighted by Crippen LogP contribution is 2.04. The van der Waals surface area contributed by atoms with Crippen LogP contribution in [0.5, 0.6) is 0 Å². The van der Waals surface area contributed by atoms with Crippen molar-refractivity contribution in [1.29, 1.82) is 0 Å². The van der Waals surface area contributed by atoms with Gasteiger partial charge >= 0.3 is 6.09 Å². The van der Waals surface area contributed by atoms with E-state index in [0.29, 0.717) is 19.4 Å². The standard InChI is InChI=1S/C21H21NO3/c1-17(23)15-19-12-10-18(11-13-19)7-5-6-14-22-21(24)25-16-20-8-3-2-4-9-20/h2-4,8-13H,6,14-16H2,1H3,(H,22,24). The lowest BCUT2D eigenvalue weighted by molar-refractivity contribution is -0.116. The lowest BCUT2D eigenvalue weighted by Gasteiger charge is -2.05. The molecule has 4 nitrogen and oxygen atoms in total. The van der Waals surface area contributed by atoms with Gasteiger partial charge in [-0.3, -0.25) is 4.79 Å². The van der Waals surface area contributed by atoms with Gasteiger partial charge in [-0.2, -0.15) is 0 Å². The van der Waals surface area contributed by atoms with Crippen molar-refractivity contribution < 1.29 is 14.3 Å². The van der Waals surface area contributed by atoms with E-state index >= 15 is 0 Å². The zero-order valence-corrected chi connectivity index (χ0v) is 14.2. The van der Waals surface area contributed by atoms with Gasteiger partial charge in [-0.15, -0.1) is 0 Å². The van der Waals surface area contributed by atoms with E-state index in [1.165, 1.54) is 0 Å². The molecule has 1 N–H and O–H groups in total. The third kappa shape index (κ3) is 7.36. The Morgan fingerprint density at radius 1 is 1.00 bits per heavy atom. The molecule has 0 fully saturated rings. The van der Waals surface area contributed by atoms with Gasteiger partial charge in [-0.1, -0.05) is 54.3 Å². The van der Waals surface area contributed by atoms with Crippen molar-refractivity contribution in [2.45, 2.75) is 26.4 Å². The number of ketones is 1. The maximum atomic E-state index is 11.6. The van der Waals surface area contributed by atoms with Crippen LogP contribution in [0.2, 0.25) is 0 Å². The first-order valence-corrected chi connectivity index (χ1v) is 8.15. The summed E-state index contributed by atoms with van der Waals surface area (Å²) in [5, 5.41) is 2.67. The molecule has 0 aliphatic heterocycles. The van der Waals surface area contributed by atoms with E-state index in [4.69, 9.17) is 4.74 Å². The normalized spacial score (nSPS) is 9.64. The minimum Gasteiger partial charge on any atom is -0.445 e. The van der Waals surface area contributed by atoms with Gasteiger partial charge in [0.1, 0.15) is 12.4 Å². The van der Waals surface area contributed by atoms with E-state index in [2.05, 4.69) is 17.2 Å². The van der Waals surface area contributed by atoms with Crippen LogP contribution in [0.4, 0.5) is 4.79 Å². The quantitative estimate of drug-likeness (QED) is 0.649. The van der Waals surface area contributed by atoms with Crippen LogP contribution in [0, 0.1) is 11.8 Å². The number of benzene rings is 2. The Bertz CT molecular complexity index is 755. The molecule has 0 radical (unpaired) electrons. The highest BCUT2D eigenvalue weighted by atomic mass is 16.5. The molecule has 128 valence electrons. The molecule has 1 amide bonds. The van der Waals surface area contributed by atoms with Gasteiger partial charge in [-0.05, 0) is 30.2 Å². The summed E-state index contributed by atoms with van der Waals surface area (Å²) in [6.07, 6.45) is 0.539. The maximum Gasteiger partial charge on any atom is 0.407 e. The number of amides is 1. The zero-order chi connectivity index (χ0) is 17.9. The topological polar surface area (TPSA) is 55.4 Å². The van der Waals surface area contributed by atoms with Crippen LogP contribution in [-0.4, -0.2) is 18.4 Å². The fourth-order valence-electron chi connectivity index (χ4n) is 2.16. The van der Waals surface area contributed by atoms with Crippen molar-refractivity contribution in [3.05, 3.63) is 71.3 Å². The molecule has 25 heavy (non-hydrogen) atoms. The van der Waals surface area contributed by atoms with Crippen LogP contribution in [0.3, 0.4) is 0 Å². The Morgan fingerprint density at radius 3 is 2.40 bits per heavy atom. The number of carbonyl (C=O) groups excluding carboxylic acids is 2. The van der Waals surface area contributed by atoms with Crippen LogP contribution in [0.1, 0.15) is 30.0 Å². The molecule has 0 spiro atoms. The Balaban J connectivity index is 1.66. The molecule has 0 heterocycles. The van der Waals surface area contributed by atoms with E-state index in [1.807, 2.05) is 54.6 Å². The van der Waals surface area contributed by atoms with E-state index in [9.17, 15) is 9.59 Å². The molecule has 0 aromatic heterocycles. The monoisotopic (exact) mass is 335 g/mol. The number of hydrogen-bond donors (Lipinski definition) is 1. The van der Waals surface area contributed by atoms with Crippen molar-refractivity contribution in [3.63, 3.8) is 0 Å². The Kier molecular flexibility index (Phi) is 7.27. The summed E-state index contributed by atoms with van der Waals surface area (Å²) in [6, 6.07) is 17.1. The van der Waals surface area contributed by atoms with E-state index < -0.39 is 6.09 Å². The molecular formula is C21H21NO3. The van der Waals surface area contributed by atoms with Gasteiger partial charge < -0.3 is 10.1 Å². The predicted molar refractivity (Wildman–Crippen MR) is 97.0 cm³/mol. The summed E-state index contributed by atoms with van der Waals surface area (Å²) in [5.41, 5.74) is 2.82. The fraction of sp³-hybridized carbons (Fsp3) is 0.238. The van der Waals surface area contributed by atoms with Gasteiger partial charge in [0.25, 0.3) is 0 Å². The van der Waals surface area contributed by atoms with Crippen molar-refractivity contribution in [2.75, 3.05) is 6.54 Å². The third-order valence-corrected chi connectivity index (χ3v) is 3.37. The number of rotatable bonds is 6. The van der Waals surface area contributed by atoms with Gasteiger partial charge in [0.05, 0.1) is 0 Å². The Morgan fingerprint density at radius 2 is 1.72 bits per heavy atom. The van der Waals surface area contributed by atoms with Gasteiger partial charge in [0.15, 0.2) is 0 Å². The molecule has 0 bridgehead atoms. The minimum absolute atomic E-state index is 0.143. The minimum atomic E-state index is -0.445. The summed E-state index contributed by atoms with van der Waals surface area (Å²) in [4.78, 5) is 22.6. The Hall–Kier alpha value is -3.06. The first kappa shape index (κ1) is 18.3. The molecule has 0 saturated carbocycles. The Labute approximate surface area is 148 Å². The molecule has 0 atom stereocenters. The van der Waals surface area contributed by atoms with Gasteiger partial charge in [0, 0.05) is 24.9 Å². The number of nitrogens with one attached hydrogen (secondary N) is 1. The third-order valence-electron chi connectivity index (χ3n) is 3.37. The number of alkyl carbamates (subject to hydrolysis) is 1. The van der Waals surface area contributed by atoms with Gasteiger partial charge in [-0.25, -0.2) is 4.79 Å². The van der Waals surface area contributed by atoms with Crippen LogP contribution < -0.4 is 5.32 Å². The predicted octanol–water partition coefficient (Wildman–Crippen LogP) is 3.49.